The Morgan fingerprint density at radius 1 is 1.43 bits per heavy atom. The van der Waals surface area contributed by atoms with Gasteiger partial charge in [-0.25, -0.2) is 4.98 Å². The van der Waals surface area contributed by atoms with Crippen molar-refractivity contribution in [3.63, 3.8) is 0 Å². The van der Waals surface area contributed by atoms with Crippen LogP contribution in [0.1, 0.15) is 12.1 Å². The highest BCUT2D eigenvalue weighted by atomic mass is 32.1. The number of carbonyl (C=O) groups excluding carboxylic acids is 2. The number of carbonyl (C=O) groups is 2. The summed E-state index contributed by atoms with van der Waals surface area (Å²) < 4.78 is 0. The molecule has 1 saturated heterocycles. The molecule has 2 aromatic rings. The van der Waals surface area contributed by atoms with Gasteiger partial charge in [0.05, 0.1) is 18.7 Å². The molecule has 0 unspecified atom stereocenters. The third kappa shape index (κ3) is 3.48. The first-order chi connectivity index (χ1) is 10.2. The molecule has 0 aromatic carbocycles. The molecule has 5 nitrogen and oxygen atoms in total. The van der Waals surface area contributed by atoms with Gasteiger partial charge in [0.15, 0.2) is 0 Å². The van der Waals surface area contributed by atoms with Gasteiger partial charge < -0.3 is 10.2 Å². The Hall–Kier alpha value is -1.73. The Morgan fingerprint density at radius 2 is 2.33 bits per heavy atom. The fourth-order valence-corrected chi connectivity index (χ4v) is 3.72. The molecule has 1 fully saturated rings. The summed E-state index contributed by atoms with van der Waals surface area (Å²) in [5, 5.41) is 9.68. The van der Waals surface area contributed by atoms with Gasteiger partial charge in [0.2, 0.25) is 11.8 Å². The third-order valence-electron chi connectivity index (χ3n) is 3.27. The second-order valence-electron chi connectivity index (χ2n) is 4.85. The average Bonchev–Trinajstić information content (AvgIpc) is 3.08. The van der Waals surface area contributed by atoms with E-state index in [2.05, 4.69) is 10.3 Å². The van der Waals surface area contributed by atoms with Crippen molar-refractivity contribution in [1.82, 2.24) is 15.2 Å². The van der Waals surface area contributed by atoms with Crippen molar-refractivity contribution in [2.75, 3.05) is 19.6 Å². The van der Waals surface area contributed by atoms with Gasteiger partial charge in [-0.1, -0.05) is 0 Å². The Morgan fingerprint density at radius 3 is 3.14 bits per heavy atom. The molecule has 110 valence electrons. The van der Waals surface area contributed by atoms with Gasteiger partial charge in [0.1, 0.15) is 5.01 Å². The quantitative estimate of drug-likeness (QED) is 0.937. The molecule has 2 aromatic heterocycles. The fraction of sp³-hybridized carbons (Fsp3) is 0.357. The van der Waals surface area contributed by atoms with Crippen molar-refractivity contribution in [2.24, 2.45) is 0 Å². The van der Waals surface area contributed by atoms with Crippen molar-refractivity contribution >= 4 is 34.5 Å². The van der Waals surface area contributed by atoms with E-state index in [-0.39, 0.29) is 24.8 Å². The van der Waals surface area contributed by atoms with Crippen LogP contribution < -0.4 is 5.32 Å². The van der Waals surface area contributed by atoms with E-state index < -0.39 is 0 Å². The Bertz CT molecular complexity index is 636. The number of rotatable bonds is 3. The highest BCUT2D eigenvalue weighted by Crippen LogP contribution is 2.25. The van der Waals surface area contributed by atoms with E-state index in [4.69, 9.17) is 0 Å². The lowest BCUT2D eigenvalue weighted by molar-refractivity contribution is -0.134. The standard InChI is InChI=1S/C14H15N3O2S2/c18-12-7-17(4-1-3-15-12)13(19)6-11-9-21-14(16-11)10-2-5-20-8-10/h2,5,8-9H,1,3-4,6-7H2,(H,15,18). The van der Waals surface area contributed by atoms with E-state index in [1.807, 2.05) is 22.2 Å². The lowest BCUT2D eigenvalue weighted by Crippen LogP contribution is -2.38. The molecule has 0 radical (unpaired) electrons. The molecule has 3 rings (SSSR count). The molecule has 0 bridgehead atoms. The lowest BCUT2D eigenvalue weighted by Gasteiger charge is -2.18. The molecule has 3 heterocycles. The molecule has 1 aliphatic rings. The van der Waals surface area contributed by atoms with E-state index in [9.17, 15) is 9.59 Å². The molecule has 0 atom stereocenters. The molecular formula is C14H15N3O2S2. The number of aromatic nitrogens is 1. The van der Waals surface area contributed by atoms with Crippen LogP contribution in [0.5, 0.6) is 0 Å². The molecule has 21 heavy (non-hydrogen) atoms. The minimum atomic E-state index is -0.0851. The smallest absolute Gasteiger partial charge is 0.239 e. The first-order valence-corrected chi connectivity index (χ1v) is 8.56. The zero-order valence-electron chi connectivity index (χ0n) is 11.4. The number of amides is 2. The predicted octanol–water partition coefficient (Wildman–Crippen LogP) is 1.76. The molecule has 0 spiro atoms. The average molecular weight is 321 g/mol. The SMILES string of the molecule is O=C1CN(C(=O)Cc2csc(-c3ccsc3)n2)CCCN1. The van der Waals surface area contributed by atoms with E-state index in [0.717, 1.165) is 22.7 Å². The van der Waals surface area contributed by atoms with Gasteiger partial charge in [-0.15, -0.1) is 11.3 Å². The highest BCUT2D eigenvalue weighted by Gasteiger charge is 2.20. The first kappa shape index (κ1) is 14.2. The van der Waals surface area contributed by atoms with E-state index in [1.54, 1.807) is 27.6 Å². The van der Waals surface area contributed by atoms with Crippen molar-refractivity contribution in [2.45, 2.75) is 12.8 Å². The minimum absolute atomic E-state index is 0.0331. The van der Waals surface area contributed by atoms with Gasteiger partial charge in [-0.2, -0.15) is 11.3 Å². The zero-order chi connectivity index (χ0) is 14.7. The zero-order valence-corrected chi connectivity index (χ0v) is 13.0. The maximum Gasteiger partial charge on any atom is 0.239 e. The Kier molecular flexibility index (Phi) is 4.31. The van der Waals surface area contributed by atoms with Crippen LogP contribution in [-0.2, 0) is 16.0 Å². The lowest BCUT2D eigenvalue weighted by atomic mass is 10.2. The molecule has 1 N–H and O–H groups in total. The second-order valence-corrected chi connectivity index (χ2v) is 6.49. The van der Waals surface area contributed by atoms with Crippen LogP contribution in [0.3, 0.4) is 0 Å². The highest BCUT2D eigenvalue weighted by molar-refractivity contribution is 7.14. The fourth-order valence-electron chi connectivity index (χ4n) is 2.19. The molecule has 0 saturated carbocycles. The van der Waals surface area contributed by atoms with E-state index >= 15 is 0 Å². The Balaban J connectivity index is 1.66. The summed E-state index contributed by atoms with van der Waals surface area (Å²) in [6.45, 7) is 1.42. The normalized spacial score (nSPS) is 15.6. The van der Waals surface area contributed by atoms with Crippen LogP contribution in [0.15, 0.2) is 22.2 Å². The Labute approximate surface area is 130 Å². The van der Waals surface area contributed by atoms with Gasteiger partial charge in [-0.3, -0.25) is 9.59 Å². The number of hydrogen-bond acceptors (Lipinski definition) is 5. The van der Waals surface area contributed by atoms with Crippen LogP contribution in [0.4, 0.5) is 0 Å². The summed E-state index contributed by atoms with van der Waals surface area (Å²) in [5.41, 5.74) is 1.87. The number of nitrogens with one attached hydrogen (secondary N) is 1. The molecule has 1 aliphatic heterocycles. The summed E-state index contributed by atoms with van der Waals surface area (Å²) in [7, 11) is 0. The second kappa shape index (κ2) is 6.36. The maximum absolute atomic E-state index is 12.3. The maximum atomic E-state index is 12.3. The monoisotopic (exact) mass is 321 g/mol. The summed E-state index contributed by atoms with van der Waals surface area (Å²) in [4.78, 5) is 29.9. The molecule has 7 heteroatoms. The van der Waals surface area contributed by atoms with E-state index in [0.29, 0.717) is 13.1 Å². The summed E-state index contributed by atoms with van der Waals surface area (Å²) in [6, 6.07) is 2.02. The van der Waals surface area contributed by atoms with E-state index in [1.165, 1.54) is 0 Å². The molecular weight excluding hydrogens is 306 g/mol. The van der Waals surface area contributed by atoms with Crippen molar-refractivity contribution in [3.05, 3.63) is 27.9 Å². The van der Waals surface area contributed by atoms with Crippen LogP contribution in [0.2, 0.25) is 0 Å². The number of thiophene rings is 1. The topological polar surface area (TPSA) is 62.3 Å². The largest absolute Gasteiger partial charge is 0.354 e. The molecule has 2 amide bonds. The van der Waals surface area contributed by atoms with Crippen LogP contribution in [-0.4, -0.2) is 41.3 Å². The third-order valence-corrected chi connectivity index (χ3v) is 4.89. The minimum Gasteiger partial charge on any atom is -0.354 e. The first-order valence-electron chi connectivity index (χ1n) is 6.74. The van der Waals surface area contributed by atoms with Gasteiger partial charge in [0.25, 0.3) is 0 Å². The van der Waals surface area contributed by atoms with Gasteiger partial charge >= 0.3 is 0 Å². The van der Waals surface area contributed by atoms with Crippen molar-refractivity contribution < 1.29 is 9.59 Å². The number of hydrogen-bond donors (Lipinski definition) is 1. The summed E-state index contributed by atoms with van der Waals surface area (Å²) in [5.74, 6) is -0.118. The van der Waals surface area contributed by atoms with Crippen LogP contribution in [0, 0.1) is 0 Å². The van der Waals surface area contributed by atoms with Crippen LogP contribution in [0.25, 0.3) is 10.6 Å². The van der Waals surface area contributed by atoms with Crippen molar-refractivity contribution in [3.8, 4) is 10.6 Å². The van der Waals surface area contributed by atoms with Gasteiger partial charge in [0, 0.05) is 29.4 Å². The number of thiazole rings is 1. The predicted molar refractivity (Wildman–Crippen MR) is 83.3 cm³/mol. The van der Waals surface area contributed by atoms with Gasteiger partial charge in [-0.05, 0) is 17.9 Å². The summed E-state index contributed by atoms with van der Waals surface area (Å²) >= 11 is 3.18. The summed E-state index contributed by atoms with van der Waals surface area (Å²) in [6.07, 6.45) is 1.06. The number of nitrogens with zero attached hydrogens (tertiary/aromatic N) is 2. The molecule has 0 aliphatic carbocycles. The van der Waals surface area contributed by atoms with Crippen LogP contribution >= 0.6 is 22.7 Å². The van der Waals surface area contributed by atoms with Crippen molar-refractivity contribution in [1.29, 1.82) is 0 Å².